The van der Waals surface area contributed by atoms with Crippen molar-refractivity contribution in [3.63, 3.8) is 0 Å². The molecule has 1 aromatic carbocycles. The molecule has 0 aliphatic carbocycles. The van der Waals surface area contributed by atoms with Crippen LogP contribution in [0.15, 0.2) is 24.3 Å². The molecule has 3 atom stereocenters. The molecule has 2 aliphatic heterocycles. The van der Waals surface area contributed by atoms with Crippen molar-refractivity contribution in [3.8, 4) is 5.75 Å². The first kappa shape index (κ1) is 20.8. The quantitative estimate of drug-likeness (QED) is 0.637. The summed E-state index contributed by atoms with van der Waals surface area (Å²) in [6.07, 6.45) is 0. The highest BCUT2D eigenvalue weighted by atomic mass is 32.2. The minimum atomic E-state index is -3.73. The number of para-hydroxylation sites is 2. The fourth-order valence-electron chi connectivity index (χ4n) is 3.72. The second kappa shape index (κ2) is 8.64. The number of hydrogen-bond acceptors (Lipinski definition) is 8. The van der Waals surface area contributed by atoms with Gasteiger partial charge in [0.25, 0.3) is 0 Å². The number of nitrogens with zero attached hydrogens (tertiary/aromatic N) is 2. The molecule has 1 aromatic rings. The molecule has 28 heavy (non-hydrogen) atoms. The zero-order valence-electron chi connectivity index (χ0n) is 16.4. The van der Waals surface area contributed by atoms with Crippen LogP contribution in [0.4, 0.5) is 5.69 Å². The summed E-state index contributed by atoms with van der Waals surface area (Å²) in [4.78, 5) is 14.4. The highest BCUT2D eigenvalue weighted by Gasteiger charge is 2.49. The van der Waals surface area contributed by atoms with Crippen molar-refractivity contribution in [1.29, 1.82) is 0 Å². The standard InChI is InChI=1S/C18H28N4O5S/c1-4-27-18(23)16-13(2)19-20-17(16)28(24,25)22-11-9-21(10-12-22)14-7-5-6-8-15(14)26-3/h5-8,13,16-17,19-20H,4,9-12H2,1-3H3. The molecule has 3 unspecified atom stereocenters. The first-order chi connectivity index (χ1) is 13.4. The van der Waals surface area contributed by atoms with Crippen molar-refractivity contribution in [2.75, 3.05) is 44.8 Å². The molecule has 2 saturated heterocycles. The highest BCUT2D eigenvalue weighted by molar-refractivity contribution is 7.89. The van der Waals surface area contributed by atoms with Crippen LogP contribution in [-0.4, -0.2) is 70.0 Å². The molecule has 0 aromatic heterocycles. The molecule has 9 nitrogen and oxygen atoms in total. The van der Waals surface area contributed by atoms with Crippen molar-refractivity contribution < 1.29 is 22.7 Å². The first-order valence-corrected chi connectivity index (χ1v) is 10.9. The topological polar surface area (TPSA) is 100 Å². The zero-order valence-corrected chi connectivity index (χ0v) is 17.2. The van der Waals surface area contributed by atoms with Crippen LogP contribution < -0.4 is 20.5 Å². The summed E-state index contributed by atoms with van der Waals surface area (Å²) < 4.78 is 38.3. The summed E-state index contributed by atoms with van der Waals surface area (Å²) in [7, 11) is -2.11. The predicted molar refractivity (Wildman–Crippen MR) is 105 cm³/mol. The van der Waals surface area contributed by atoms with Gasteiger partial charge in [-0.15, -0.1) is 0 Å². The smallest absolute Gasteiger partial charge is 0.313 e. The largest absolute Gasteiger partial charge is 0.495 e. The minimum absolute atomic E-state index is 0.215. The number of hydrazine groups is 1. The van der Waals surface area contributed by atoms with E-state index in [-0.39, 0.29) is 12.6 Å². The number of methoxy groups -OCH3 is 1. The molecular formula is C18H28N4O5S. The number of sulfonamides is 1. The number of rotatable bonds is 6. The second-order valence-electron chi connectivity index (χ2n) is 6.88. The van der Waals surface area contributed by atoms with E-state index in [2.05, 4.69) is 15.8 Å². The van der Waals surface area contributed by atoms with Gasteiger partial charge in [0.15, 0.2) is 5.37 Å². The minimum Gasteiger partial charge on any atom is -0.495 e. The van der Waals surface area contributed by atoms with Crippen LogP contribution in [0.3, 0.4) is 0 Å². The van der Waals surface area contributed by atoms with Crippen LogP contribution in [0.2, 0.25) is 0 Å². The van der Waals surface area contributed by atoms with Gasteiger partial charge in [-0.05, 0) is 26.0 Å². The predicted octanol–water partition coefficient (Wildman–Crippen LogP) is 0.149. The lowest BCUT2D eigenvalue weighted by Gasteiger charge is -2.37. The Bertz CT molecular complexity index is 795. The van der Waals surface area contributed by atoms with E-state index in [9.17, 15) is 13.2 Å². The number of benzene rings is 1. The Hall–Kier alpha value is -1.88. The van der Waals surface area contributed by atoms with Gasteiger partial charge in [-0.3, -0.25) is 10.2 Å². The fourth-order valence-corrected chi connectivity index (χ4v) is 5.64. The summed E-state index contributed by atoms with van der Waals surface area (Å²) in [6.45, 7) is 5.44. The van der Waals surface area contributed by atoms with Gasteiger partial charge in [-0.1, -0.05) is 12.1 Å². The Balaban J connectivity index is 1.71. The van der Waals surface area contributed by atoms with Crippen molar-refractivity contribution in [2.24, 2.45) is 5.92 Å². The van der Waals surface area contributed by atoms with Gasteiger partial charge in [0.05, 0.1) is 19.4 Å². The number of nitrogens with one attached hydrogen (secondary N) is 2. The number of piperazine rings is 1. The molecule has 3 rings (SSSR count). The summed E-state index contributed by atoms with van der Waals surface area (Å²) in [5.41, 5.74) is 6.60. The van der Waals surface area contributed by atoms with Crippen LogP contribution >= 0.6 is 0 Å². The van der Waals surface area contributed by atoms with Crippen molar-refractivity contribution in [3.05, 3.63) is 24.3 Å². The van der Waals surface area contributed by atoms with Crippen LogP contribution in [-0.2, 0) is 19.6 Å². The molecule has 2 N–H and O–H groups in total. The normalized spacial score (nSPS) is 26.2. The SMILES string of the molecule is CCOC(=O)C1C(C)NNC1S(=O)(=O)N1CCN(c2ccccc2OC)CC1. The Labute approximate surface area is 166 Å². The van der Waals surface area contributed by atoms with Crippen LogP contribution in [0.25, 0.3) is 0 Å². The molecule has 0 spiro atoms. The Morgan fingerprint density at radius 1 is 1.18 bits per heavy atom. The van der Waals surface area contributed by atoms with E-state index in [1.54, 1.807) is 21.0 Å². The van der Waals surface area contributed by atoms with Crippen molar-refractivity contribution in [2.45, 2.75) is 25.3 Å². The zero-order chi connectivity index (χ0) is 20.3. The van der Waals surface area contributed by atoms with Crippen molar-refractivity contribution in [1.82, 2.24) is 15.2 Å². The number of ether oxygens (including phenoxy) is 2. The van der Waals surface area contributed by atoms with Gasteiger partial charge in [0, 0.05) is 32.2 Å². The van der Waals surface area contributed by atoms with Gasteiger partial charge < -0.3 is 14.4 Å². The maximum atomic E-state index is 13.2. The average molecular weight is 413 g/mol. The summed E-state index contributed by atoms with van der Waals surface area (Å²) in [5.74, 6) is -0.539. The summed E-state index contributed by atoms with van der Waals surface area (Å²) in [6, 6.07) is 7.34. The molecule has 156 valence electrons. The molecule has 2 aliphatic rings. The van der Waals surface area contributed by atoms with E-state index in [0.29, 0.717) is 26.2 Å². The lowest BCUT2D eigenvalue weighted by molar-refractivity contribution is -0.148. The van der Waals surface area contributed by atoms with Gasteiger partial charge in [0.1, 0.15) is 11.7 Å². The highest BCUT2D eigenvalue weighted by Crippen LogP contribution is 2.30. The van der Waals surface area contributed by atoms with Gasteiger partial charge in [-0.25, -0.2) is 13.8 Å². The van der Waals surface area contributed by atoms with E-state index in [1.165, 1.54) is 4.31 Å². The molecule has 0 bridgehead atoms. The second-order valence-corrected chi connectivity index (χ2v) is 8.93. The Morgan fingerprint density at radius 3 is 2.50 bits per heavy atom. The maximum Gasteiger partial charge on any atom is 0.313 e. The Morgan fingerprint density at radius 2 is 1.86 bits per heavy atom. The Kier molecular flexibility index (Phi) is 6.43. The average Bonchev–Trinajstić information content (AvgIpc) is 3.10. The third-order valence-corrected chi connectivity index (χ3v) is 7.36. The molecule has 2 fully saturated rings. The molecule has 0 amide bonds. The van der Waals surface area contributed by atoms with Crippen LogP contribution in [0.1, 0.15) is 13.8 Å². The third-order valence-electron chi connectivity index (χ3n) is 5.22. The molecule has 0 radical (unpaired) electrons. The molecular weight excluding hydrogens is 384 g/mol. The fraction of sp³-hybridized carbons (Fsp3) is 0.611. The number of hydrogen-bond donors (Lipinski definition) is 2. The lowest BCUT2D eigenvalue weighted by atomic mass is 10.0. The van der Waals surface area contributed by atoms with E-state index in [0.717, 1.165) is 11.4 Å². The first-order valence-electron chi connectivity index (χ1n) is 9.44. The summed E-state index contributed by atoms with van der Waals surface area (Å²) in [5, 5.41) is -1.04. The van der Waals surface area contributed by atoms with Gasteiger partial charge in [0.2, 0.25) is 10.0 Å². The third kappa shape index (κ3) is 3.95. The number of carbonyl (C=O) groups excluding carboxylic acids is 1. The van der Waals surface area contributed by atoms with Crippen LogP contribution in [0.5, 0.6) is 5.75 Å². The van der Waals surface area contributed by atoms with E-state index >= 15 is 0 Å². The summed E-state index contributed by atoms with van der Waals surface area (Å²) >= 11 is 0. The number of esters is 1. The lowest BCUT2D eigenvalue weighted by Crippen LogP contribution is -2.55. The number of anilines is 1. The van der Waals surface area contributed by atoms with Gasteiger partial charge in [-0.2, -0.15) is 4.31 Å². The van der Waals surface area contributed by atoms with E-state index in [4.69, 9.17) is 9.47 Å². The molecule has 2 heterocycles. The van der Waals surface area contributed by atoms with E-state index < -0.39 is 27.3 Å². The van der Waals surface area contributed by atoms with Crippen LogP contribution in [0, 0.1) is 5.92 Å². The molecule has 0 saturated carbocycles. The maximum absolute atomic E-state index is 13.2. The monoisotopic (exact) mass is 412 g/mol. The van der Waals surface area contributed by atoms with Gasteiger partial charge >= 0.3 is 5.97 Å². The molecule has 10 heteroatoms. The van der Waals surface area contributed by atoms with Crippen molar-refractivity contribution >= 4 is 21.7 Å². The number of carbonyl (C=O) groups is 1. The van der Waals surface area contributed by atoms with E-state index in [1.807, 2.05) is 24.3 Å².